The Labute approximate surface area is 117 Å². The Kier molecular flexibility index (Phi) is 4.84. The predicted octanol–water partition coefficient (Wildman–Crippen LogP) is 0.466. The monoisotopic (exact) mass is 281 g/mol. The number of rotatable bonds is 5. The summed E-state index contributed by atoms with van der Waals surface area (Å²) in [6.07, 6.45) is 0.828. The van der Waals surface area contributed by atoms with Crippen molar-refractivity contribution < 1.29 is 9.18 Å². The van der Waals surface area contributed by atoms with E-state index in [1.54, 1.807) is 13.8 Å². The molecule has 2 rings (SSSR count). The summed E-state index contributed by atoms with van der Waals surface area (Å²) < 4.78 is 13.8. The summed E-state index contributed by atoms with van der Waals surface area (Å²) in [5.74, 6) is 0.482. The SMILES string of the molecule is Cc1nc(C)c(F)c(NCCCN2CCNC(=O)C2)n1. The minimum Gasteiger partial charge on any atom is -0.367 e. The summed E-state index contributed by atoms with van der Waals surface area (Å²) in [5, 5.41) is 5.78. The van der Waals surface area contributed by atoms with Gasteiger partial charge in [0.25, 0.3) is 0 Å². The molecule has 110 valence electrons. The number of amides is 1. The zero-order valence-corrected chi connectivity index (χ0v) is 11.9. The molecule has 0 aliphatic carbocycles. The third kappa shape index (κ3) is 3.86. The van der Waals surface area contributed by atoms with E-state index >= 15 is 0 Å². The van der Waals surface area contributed by atoms with Crippen molar-refractivity contribution in [2.24, 2.45) is 0 Å². The standard InChI is InChI=1S/C13H20FN5O/c1-9-12(14)13(18-10(2)17-9)16-4-3-6-19-7-5-15-11(20)8-19/h3-8H2,1-2H3,(H,15,20)(H,16,17,18). The Bertz CT molecular complexity index is 494. The third-order valence-electron chi connectivity index (χ3n) is 3.19. The molecule has 0 atom stereocenters. The number of carbonyl (C=O) groups is 1. The molecule has 1 aromatic rings. The van der Waals surface area contributed by atoms with E-state index in [0.29, 0.717) is 31.2 Å². The van der Waals surface area contributed by atoms with Crippen LogP contribution >= 0.6 is 0 Å². The maximum atomic E-state index is 13.8. The highest BCUT2D eigenvalue weighted by Gasteiger charge is 2.15. The van der Waals surface area contributed by atoms with Crippen LogP contribution in [0.2, 0.25) is 0 Å². The molecule has 1 aromatic heterocycles. The fourth-order valence-corrected chi connectivity index (χ4v) is 2.21. The molecular formula is C13H20FN5O. The van der Waals surface area contributed by atoms with Crippen molar-refractivity contribution in [3.05, 3.63) is 17.3 Å². The van der Waals surface area contributed by atoms with Crippen LogP contribution in [-0.2, 0) is 4.79 Å². The van der Waals surface area contributed by atoms with Crippen LogP contribution in [0.1, 0.15) is 17.9 Å². The number of anilines is 1. The van der Waals surface area contributed by atoms with Gasteiger partial charge in [-0.2, -0.15) is 0 Å². The number of aromatic nitrogens is 2. The maximum absolute atomic E-state index is 13.8. The van der Waals surface area contributed by atoms with Crippen molar-refractivity contribution in [1.82, 2.24) is 20.2 Å². The van der Waals surface area contributed by atoms with Gasteiger partial charge >= 0.3 is 0 Å². The first-order valence-corrected chi connectivity index (χ1v) is 6.80. The van der Waals surface area contributed by atoms with E-state index < -0.39 is 5.82 Å². The molecule has 7 heteroatoms. The van der Waals surface area contributed by atoms with Crippen LogP contribution < -0.4 is 10.6 Å². The number of aryl methyl sites for hydroxylation is 2. The van der Waals surface area contributed by atoms with Crippen LogP contribution in [-0.4, -0.2) is 53.5 Å². The minimum atomic E-state index is -0.395. The number of hydrogen-bond donors (Lipinski definition) is 2. The van der Waals surface area contributed by atoms with Crippen molar-refractivity contribution in [2.45, 2.75) is 20.3 Å². The number of nitrogens with zero attached hydrogens (tertiary/aromatic N) is 3. The van der Waals surface area contributed by atoms with E-state index in [1.807, 2.05) is 0 Å². The fraction of sp³-hybridized carbons (Fsp3) is 0.615. The zero-order chi connectivity index (χ0) is 14.5. The zero-order valence-electron chi connectivity index (χ0n) is 11.9. The van der Waals surface area contributed by atoms with Crippen LogP contribution in [0.4, 0.5) is 10.2 Å². The summed E-state index contributed by atoms with van der Waals surface area (Å²) >= 11 is 0. The maximum Gasteiger partial charge on any atom is 0.234 e. The van der Waals surface area contributed by atoms with Gasteiger partial charge < -0.3 is 10.6 Å². The number of nitrogens with one attached hydrogen (secondary N) is 2. The molecule has 2 N–H and O–H groups in total. The molecule has 1 aliphatic rings. The summed E-state index contributed by atoms with van der Waals surface area (Å²) in [6, 6.07) is 0. The first-order chi connectivity index (χ1) is 9.56. The second-order valence-corrected chi connectivity index (χ2v) is 4.93. The molecule has 1 fully saturated rings. The van der Waals surface area contributed by atoms with Crippen LogP contribution in [0.5, 0.6) is 0 Å². The van der Waals surface area contributed by atoms with E-state index in [-0.39, 0.29) is 11.7 Å². The van der Waals surface area contributed by atoms with Gasteiger partial charge in [-0.3, -0.25) is 9.69 Å². The minimum absolute atomic E-state index is 0.0669. The Morgan fingerprint density at radius 1 is 1.40 bits per heavy atom. The molecule has 0 saturated carbocycles. The Morgan fingerprint density at radius 2 is 2.20 bits per heavy atom. The summed E-state index contributed by atoms with van der Waals surface area (Å²) in [7, 11) is 0. The average Bonchev–Trinajstić information content (AvgIpc) is 2.40. The summed E-state index contributed by atoms with van der Waals surface area (Å²) in [5.41, 5.74) is 0.354. The van der Waals surface area contributed by atoms with Gasteiger partial charge in [-0.15, -0.1) is 0 Å². The van der Waals surface area contributed by atoms with E-state index in [4.69, 9.17) is 0 Å². The lowest BCUT2D eigenvalue weighted by Crippen LogP contribution is -2.47. The molecule has 1 amide bonds. The summed E-state index contributed by atoms with van der Waals surface area (Å²) in [6.45, 7) is 6.80. The molecule has 20 heavy (non-hydrogen) atoms. The van der Waals surface area contributed by atoms with Gasteiger partial charge in [-0.05, 0) is 20.3 Å². The normalized spacial score (nSPS) is 16.1. The van der Waals surface area contributed by atoms with Crippen molar-refractivity contribution in [3.63, 3.8) is 0 Å². The number of hydrogen-bond acceptors (Lipinski definition) is 5. The quantitative estimate of drug-likeness (QED) is 0.768. The van der Waals surface area contributed by atoms with Gasteiger partial charge in [0, 0.05) is 26.2 Å². The van der Waals surface area contributed by atoms with Gasteiger partial charge in [0.05, 0.1) is 12.2 Å². The highest BCUT2D eigenvalue weighted by atomic mass is 19.1. The molecule has 2 heterocycles. The molecule has 0 radical (unpaired) electrons. The topological polar surface area (TPSA) is 70.2 Å². The van der Waals surface area contributed by atoms with Gasteiger partial charge in [0.15, 0.2) is 11.6 Å². The molecule has 0 aromatic carbocycles. The van der Waals surface area contributed by atoms with Crippen molar-refractivity contribution >= 4 is 11.7 Å². The highest BCUT2D eigenvalue weighted by Crippen LogP contribution is 2.13. The highest BCUT2D eigenvalue weighted by molar-refractivity contribution is 5.78. The van der Waals surface area contributed by atoms with Crippen LogP contribution in [0.25, 0.3) is 0 Å². The Balaban J connectivity index is 1.77. The van der Waals surface area contributed by atoms with Gasteiger partial charge in [-0.25, -0.2) is 14.4 Å². The van der Waals surface area contributed by atoms with E-state index in [2.05, 4.69) is 25.5 Å². The van der Waals surface area contributed by atoms with Gasteiger partial charge in [0.2, 0.25) is 5.91 Å². The Morgan fingerprint density at radius 3 is 2.95 bits per heavy atom. The lowest BCUT2D eigenvalue weighted by atomic mass is 10.3. The van der Waals surface area contributed by atoms with Crippen molar-refractivity contribution in [3.8, 4) is 0 Å². The largest absolute Gasteiger partial charge is 0.367 e. The molecule has 0 bridgehead atoms. The van der Waals surface area contributed by atoms with Crippen LogP contribution in [0.15, 0.2) is 0 Å². The summed E-state index contributed by atoms with van der Waals surface area (Å²) in [4.78, 5) is 21.3. The third-order valence-corrected chi connectivity index (χ3v) is 3.19. The van der Waals surface area contributed by atoms with E-state index in [0.717, 1.165) is 19.5 Å². The first-order valence-electron chi connectivity index (χ1n) is 6.80. The lowest BCUT2D eigenvalue weighted by molar-refractivity contribution is -0.124. The van der Waals surface area contributed by atoms with Crippen molar-refractivity contribution in [2.75, 3.05) is 38.0 Å². The second-order valence-electron chi connectivity index (χ2n) is 4.93. The van der Waals surface area contributed by atoms with Crippen LogP contribution in [0.3, 0.4) is 0 Å². The van der Waals surface area contributed by atoms with Crippen molar-refractivity contribution in [1.29, 1.82) is 0 Å². The molecule has 0 unspecified atom stereocenters. The van der Waals surface area contributed by atoms with Crippen LogP contribution in [0, 0.1) is 19.7 Å². The second kappa shape index (κ2) is 6.60. The van der Waals surface area contributed by atoms with Gasteiger partial charge in [0.1, 0.15) is 5.82 Å². The average molecular weight is 281 g/mol. The first kappa shape index (κ1) is 14.6. The number of carbonyl (C=O) groups excluding carboxylic acids is 1. The molecule has 1 saturated heterocycles. The molecule has 0 spiro atoms. The molecule has 6 nitrogen and oxygen atoms in total. The predicted molar refractivity (Wildman–Crippen MR) is 74.0 cm³/mol. The molecular weight excluding hydrogens is 261 g/mol. The molecule has 1 aliphatic heterocycles. The number of halogens is 1. The van der Waals surface area contributed by atoms with Gasteiger partial charge in [-0.1, -0.05) is 0 Å². The van der Waals surface area contributed by atoms with E-state index in [1.165, 1.54) is 0 Å². The smallest absolute Gasteiger partial charge is 0.234 e. The number of piperazine rings is 1. The van der Waals surface area contributed by atoms with E-state index in [9.17, 15) is 9.18 Å². The Hall–Kier alpha value is -1.76. The fourth-order valence-electron chi connectivity index (χ4n) is 2.21. The lowest BCUT2D eigenvalue weighted by Gasteiger charge is -2.26.